The third-order valence-electron chi connectivity index (χ3n) is 15.4. The van der Waals surface area contributed by atoms with Crippen LogP contribution in [0.3, 0.4) is 0 Å². The predicted octanol–water partition coefficient (Wildman–Crippen LogP) is 17.8. The van der Waals surface area contributed by atoms with E-state index in [-0.39, 0.29) is 5.41 Å². The topological polar surface area (TPSA) is 51.8 Å². The Morgan fingerprint density at radius 2 is 0.676 bits per heavy atom. The second-order valence-corrected chi connectivity index (χ2v) is 19.4. The lowest BCUT2D eigenvalue weighted by Gasteiger charge is -2.30. The van der Waals surface area contributed by atoms with E-state index in [1.165, 1.54) is 55.6 Å². The van der Waals surface area contributed by atoms with Crippen LogP contribution in [0.1, 0.15) is 22.3 Å². The first-order valence-corrected chi connectivity index (χ1v) is 25.2. The molecule has 344 valence electrons. The van der Waals surface area contributed by atoms with Crippen LogP contribution < -0.4 is 0 Å². The van der Waals surface area contributed by atoms with Gasteiger partial charge in [0, 0.05) is 27.5 Å². The number of hydrogen-bond acceptors (Lipinski definition) is 4. The van der Waals surface area contributed by atoms with Gasteiger partial charge in [0.1, 0.15) is 11.2 Å². The van der Waals surface area contributed by atoms with Crippen molar-refractivity contribution in [2.75, 3.05) is 0 Å². The molecule has 1 spiro atoms. The summed E-state index contributed by atoms with van der Waals surface area (Å²) in [6, 6.07) is 93.4. The lowest BCUT2D eigenvalue weighted by molar-refractivity contribution is 0.669. The molecule has 2 heterocycles. The highest BCUT2D eigenvalue weighted by Crippen LogP contribution is 2.64. The molecule has 13 aromatic rings. The number of furan rings is 1. The molecule has 4 nitrogen and oxygen atoms in total. The van der Waals surface area contributed by atoms with Crippen LogP contribution in [0.5, 0.6) is 0 Å². The second kappa shape index (κ2) is 16.7. The van der Waals surface area contributed by atoms with E-state index in [1.54, 1.807) is 0 Å². The summed E-state index contributed by atoms with van der Waals surface area (Å²) in [7, 11) is 0. The molecule has 2 aromatic heterocycles. The first kappa shape index (κ1) is 42.0. The highest BCUT2D eigenvalue weighted by Gasteiger charge is 2.52. The fraction of sp³-hybridized carbons (Fsp3) is 0.0143. The maximum Gasteiger partial charge on any atom is 0.164 e. The maximum atomic E-state index is 6.63. The Morgan fingerprint density at radius 1 is 0.257 bits per heavy atom. The lowest BCUT2D eigenvalue weighted by atomic mass is 9.70. The largest absolute Gasteiger partial charge is 0.456 e. The Morgan fingerprint density at radius 3 is 1.31 bits per heavy atom. The van der Waals surface area contributed by atoms with E-state index in [4.69, 9.17) is 19.4 Å². The molecule has 0 atom stereocenters. The van der Waals surface area contributed by atoms with E-state index in [0.29, 0.717) is 17.5 Å². The highest BCUT2D eigenvalue weighted by molar-refractivity contribution is 6.13. The molecule has 0 fully saturated rings. The SMILES string of the molecule is c1ccc(-c2cccc(-c3nc(-c4cccc(-c5ccccc5)c4)nc(-c4cccc5oc6ccc(-c7ccc(-c8cccc9c8-c8ccccc8C98c9ccccc9-c9ccccc98)cc7)cc6c45)n3)c2)cc1. The van der Waals surface area contributed by atoms with Crippen molar-refractivity contribution in [1.29, 1.82) is 0 Å². The summed E-state index contributed by atoms with van der Waals surface area (Å²) >= 11 is 0. The number of benzene rings is 11. The van der Waals surface area contributed by atoms with Crippen molar-refractivity contribution in [3.63, 3.8) is 0 Å². The standard InChI is InChI=1S/C70H43N3O/c1-3-17-44(18-4-1)48-21-13-23-51(41-48)67-71-68(52-24-14-22-49(42-52)45-19-5-2-6-20-45)73-69(72-67)57-29-16-34-64-66(57)58-43-50(39-40-63(58)74-64)46-35-37-47(38-36-46)53-28-15-33-62-65(53)56-27-9-12-32-61(56)70(62)59-30-10-7-25-54(59)55-26-8-11-31-60(55)70/h1-43H. The van der Waals surface area contributed by atoms with Gasteiger partial charge >= 0.3 is 0 Å². The van der Waals surface area contributed by atoms with Crippen molar-refractivity contribution in [2.24, 2.45) is 0 Å². The Hall–Kier alpha value is -9.77. The molecule has 0 amide bonds. The third kappa shape index (κ3) is 6.45. The Bertz CT molecular complexity index is 4220. The van der Waals surface area contributed by atoms with Crippen LogP contribution in [-0.4, -0.2) is 15.0 Å². The molecule has 0 aliphatic heterocycles. The summed E-state index contributed by atoms with van der Waals surface area (Å²) in [5.74, 6) is 1.77. The molecule has 15 rings (SSSR count). The van der Waals surface area contributed by atoms with Crippen molar-refractivity contribution in [3.8, 4) is 101 Å². The van der Waals surface area contributed by atoms with Gasteiger partial charge in [0.25, 0.3) is 0 Å². The van der Waals surface area contributed by atoms with E-state index < -0.39 is 0 Å². The molecule has 2 aliphatic carbocycles. The quantitative estimate of drug-likeness (QED) is 0.160. The summed E-state index contributed by atoms with van der Waals surface area (Å²) in [5.41, 5.74) is 23.5. The van der Waals surface area contributed by atoms with Gasteiger partial charge in [-0.2, -0.15) is 0 Å². The number of fused-ring (bicyclic) bond motifs is 13. The van der Waals surface area contributed by atoms with Gasteiger partial charge in [0.15, 0.2) is 17.5 Å². The van der Waals surface area contributed by atoms with Crippen LogP contribution in [0.4, 0.5) is 0 Å². The Kier molecular flexibility index (Phi) is 9.45. The summed E-state index contributed by atoms with van der Waals surface area (Å²) in [6.07, 6.45) is 0. The van der Waals surface area contributed by atoms with Gasteiger partial charge in [0.05, 0.1) is 5.41 Å². The van der Waals surface area contributed by atoms with Crippen molar-refractivity contribution in [2.45, 2.75) is 5.41 Å². The first-order valence-electron chi connectivity index (χ1n) is 25.2. The van der Waals surface area contributed by atoms with Gasteiger partial charge in [-0.05, 0) is 119 Å². The van der Waals surface area contributed by atoms with Crippen LogP contribution in [0.15, 0.2) is 265 Å². The number of rotatable bonds is 7. The van der Waals surface area contributed by atoms with E-state index in [1.807, 2.05) is 24.3 Å². The predicted molar refractivity (Wildman–Crippen MR) is 301 cm³/mol. The minimum absolute atomic E-state index is 0.387. The lowest BCUT2D eigenvalue weighted by Crippen LogP contribution is -2.25. The zero-order chi connectivity index (χ0) is 48.7. The fourth-order valence-electron chi connectivity index (χ4n) is 12.1. The first-order chi connectivity index (χ1) is 36.7. The molecule has 2 aliphatic rings. The smallest absolute Gasteiger partial charge is 0.164 e. The summed E-state index contributed by atoms with van der Waals surface area (Å²) in [5, 5.41) is 1.96. The zero-order valence-corrected chi connectivity index (χ0v) is 40.1. The van der Waals surface area contributed by atoms with Crippen molar-refractivity contribution in [1.82, 2.24) is 15.0 Å². The van der Waals surface area contributed by atoms with E-state index in [9.17, 15) is 0 Å². The van der Waals surface area contributed by atoms with Gasteiger partial charge in [-0.3, -0.25) is 0 Å². The minimum atomic E-state index is -0.387. The highest BCUT2D eigenvalue weighted by atomic mass is 16.3. The normalized spacial score (nSPS) is 12.7. The molecule has 0 saturated carbocycles. The van der Waals surface area contributed by atoms with Gasteiger partial charge in [-0.1, -0.05) is 231 Å². The molecule has 0 radical (unpaired) electrons. The number of nitrogens with zero attached hydrogens (tertiary/aromatic N) is 3. The molecule has 0 bridgehead atoms. The van der Waals surface area contributed by atoms with Crippen LogP contribution in [0.2, 0.25) is 0 Å². The molecule has 11 aromatic carbocycles. The molecule has 0 N–H and O–H groups in total. The van der Waals surface area contributed by atoms with E-state index in [2.05, 4.69) is 237 Å². The number of hydrogen-bond donors (Lipinski definition) is 0. The van der Waals surface area contributed by atoms with Gasteiger partial charge in [0.2, 0.25) is 0 Å². The molecular formula is C70H43N3O. The summed E-state index contributed by atoms with van der Waals surface area (Å²) in [6.45, 7) is 0. The van der Waals surface area contributed by atoms with Crippen LogP contribution in [-0.2, 0) is 5.41 Å². The van der Waals surface area contributed by atoms with Crippen molar-refractivity contribution in [3.05, 3.63) is 283 Å². The van der Waals surface area contributed by atoms with Gasteiger partial charge in [-0.15, -0.1) is 0 Å². The third-order valence-corrected chi connectivity index (χ3v) is 15.4. The van der Waals surface area contributed by atoms with Crippen LogP contribution >= 0.6 is 0 Å². The Balaban J connectivity index is 0.845. The minimum Gasteiger partial charge on any atom is -0.456 e. The maximum absolute atomic E-state index is 6.63. The van der Waals surface area contributed by atoms with Crippen molar-refractivity contribution < 1.29 is 4.42 Å². The van der Waals surface area contributed by atoms with Crippen molar-refractivity contribution >= 4 is 21.9 Å². The van der Waals surface area contributed by atoms with E-state index in [0.717, 1.165) is 72.0 Å². The summed E-state index contributed by atoms with van der Waals surface area (Å²) < 4.78 is 6.63. The molecule has 0 saturated heterocycles. The van der Waals surface area contributed by atoms with E-state index >= 15 is 0 Å². The van der Waals surface area contributed by atoms with Gasteiger partial charge in [-0.25, -0.2) is 15.0 Å². The Labute approximate surface area is 428 Å². The average molecular weight is 942 g/mol. The molecule has 4 heteroatoms. The fourth-order valence-corrected chi connectivity index (χ4v) is 12.1. The molecule has 74 heavy (non-hydrogen) atoms. The average Bonchev–Trinajstić information content (AvgIpc) is 4.12. The second-order valence-electron chi connectivity index (χ2n) is 19.4. The molecule has 0 unspecified atom stereocenters. The van der Waals surface area contributed by atoms with Crippen LogP contribution in [0.25, 0.3) is 123 Å². The zero-order valence-electron chi connectivity index (χ0n) is 40.1. The number of aromatic nitrogens is 3. The van der Waals surface area contributed by atoms with Crippen LogP contribution in [0, 0.1) is 0 Å². The molecular weight excluding hydrogens is 899 g/mol. The monoisotopic (exact) mass is 941 g/mol. The van der Waals surface area contributed by atoms with Gasteiger partial charge < -0.3 is 4.42 Å². The summed E-state index contributed by atoms with van der Waals surface area (Å²) in [4.78, 5) is 15.8.